The van der Waals surface area contributed by atoms with Crippen LogP contribution in [0, 0.1) is 12.7 Å². The molecule has 148 valence electrons. The van der Waals surface area contributed by atoms with Gasteiger partial charge in [-0.1, -0.05) is 30.3 Å². The van der Waals surface area contributed by atoms with Crippen LogP contribution in [0.4, 0.5) is 4.39 Å². The Hall–Kier alpha value is -2.42. The van der Waals surface area contributed by atoms with Gasteiger partial charge in [-0.25, -0.2) is 14.4 Å². The minimum Gasteiger partial charge on any atom is -0.357 e. The summed E-state index contributed by atoms with van der Waals surface area (Å²) < 4.78 is 15.7. The summed E-state index contributed by atoms with van der Waals surface area (Å²) in [6.45, 7) is 5.54. The topological polar surface area (TPSA) is 54.2 Å². The maximum atomic E-state index is 13.7. The second kappa shape index (κ2) is 10.8. The van der Waals surface area contributed by atoms with Crippen LogP contribution < -0.4 is 10.6 Å². The summed E-state index contributed by atoms with van der Waals surface area (Å²) >= 11 is 0. The molecule has 0 bridgehead atoms. The lowest BCUT2D eigenvalue weighted by Crippen LogP contribution is -2.37. The number of halogens is 2. The number of rotatable bonds is 6. The summed E-state index contributed by atoms with van der Waals surface area (Å²) in [4.78, 5) is 8.69. The zero-order valence-electron chi connectivity index (χ0n) is 16.0. The molecule has 1 aromatic heterocycles. The van der Waals surface area contributed by atoms with Gasteiger partial charge in [0.1, 0.15) is 5.82 Å². The van der Waals surface area contributed by atoms with Gasteiger partial charge in [-0.3, -0.25) is 0 Å². The zero-order valence-corrected chi connectivity index (χ0v) is 18.4. The minimum absolute atomic E-state index is 0. The Morgan fingerprint density at radius 1 is 1.18 bits per heavy atom. The maximum Gasteiger partial charge on any atom is 0.191 e. The van der Waals surface area contributed by atoms with E-state index in [9.17, 15) is 4.39 Å². The van der Waals surface area contributed by atoms with Gasteiger partial charge >= 0.3 is 0 Å². The summed E-state index contributed by atoms with van der Waals surface area (Å²) in [5.74, 6) is 0.494. The van der Waals surface area contributed by atoms with Crippen LogP contribution in [0.25, 0.3) is 5.69 Å². The molecule has 1 heterocycles. The molecule has 7 heteroatoms. The first-order valence-corrected chi connectivity index (χ1v) is 9.01. The predicted molar refractivity (Wildman–Crippen MR) is 122 cm³/mol. The number of aromatic nitrogens is 2. The van der Waals surface area contributed by atoms with Crippen molar-refractivity contribution < 1.29 is 4.39 Å². The SMILES string of the molecule is CCNC(=NCc1ccc(C)c(F)c1)NCc1ccccc1-n1ccnc1.I. The van der Waals surface area contributed by atoms with Crippen molar-refractivity contribution in [2.24, 2.45) is 4.99 Å². The molecule has 0 aliphatic carbocycles. The Labute approximate surface area is 182 Å². The lowest BCUT2D eigenvalue weighted by Gasteiger charge is -2.14. The van der Waals surface area contributed by atoms with E-state index in [4.69, 9.17) is 0 Å². The molecule has 3 aromatic rings. The first-order valence-electron chi connectivity index (χ1n) is 9.01. The largest absolute Gasteiger partial charge is 0.357 e. The third-order valence-corrected chi connectivity index (χ3v) is 4.22. The quantitative estimate of drug-likeness (QED) is 0.308. The van der Waals surface area contributed by atoms with Crippen LogP contribution >= 0.6 is 24.0 Å². The summed E-state index contributed by atoms with van der Waals surface area (Å²) in [5.41, 5.74) is 3.68. The number of aryl methyl sites for hydroxylation is 1. The highest BCUT2D eigenvalue weighted by atomic mass is 127. The molecule has 0 unspecified atom stereocenters. The summed E-state index contributed by atoms with van der Waals surface area (Å²) in [7, 11) is 0. The van der Waals surface area contributed by atoms with E-state index in [0.29, 0.717) is 24.6 Å². The molecule has 2 aromatic carbocycles. The zero-order chi connectivity index (χ0) is 19.1. The molecule has 2 N–H and O–H groups in total. The second-order valence-corrected chi connectivity index (χ2v) is 6.23. The maximum absolute atomic E-state index is 13.7. The van der Waals surface area contributed by atoms with E-state index in [1.807, 2.05) is 35.9 Å². The second-order valence-electron chi connectivity index (χ2n) is 6.23. The number of aliphatic imine (C=N–C) groups is 1. The molecular formula is C21H25FIN5. The van der Waals surface area contributed by atoms with Crippen molar-refractivity contribution in [3.8, 4) is 5.69 Å². The molecule has 0 amide bonds. The van der Waals surface area contributed by atoms with Crippen LogP contribution in [0.1, 0.15) is 23.6 Å². The van der Waals surface area contributed by atoms with Gasteiger partial charge in [0.15, 0.2) is 5.96 Å². The Morgan fingerprint density at radius 2 is 2.00 bits per heavy atom. The standard InChI is InChI=1S/C21H24FN5.HI/c1-3-24-21(25-13-17-9-8-16(2)19(22)12-17)26-14-18-6-4-5-7-20(18)27-11-10-23-15-27;/h4-12,15H,3,13-14H2,1-2H3,(H2,24,25,26);1H. The molecule has 0 saturated heterocycles. The molecule has 0 aliphatic rings. The van der Waals surface area contributed by atoms with Crippen LogP contribution in [-0.2, 0) is 13.1 Å². The first kappa shape index (κ1) is 21.9. The molecule has 0 atom stereocenters. The average molecular weight is 493 g/mol. The van der Waals surface area contributed by atoms with Gasteiger partial charge in [0.25, 0.3) is 0 Å². The molecule has 0 fully saturated rings. The molecule has 0 spiro atoms. The van der Waals surface area contributed by atoms with Gasteiger partial charge in [-0.2, -0.15) is 0 Å². The van der Waals surface area contributed by atoms with Crippen LogP contribution in [0.15, 0.2) is 66.2 Å². The number of guanidine groups is 1. The number of nitrogens with one attached hydrogen (secondary N) is 2. The van der Waals surface area contributed by atoms with E-state index in [2.05, 4.69) is 32.7 Å². The Morgan fingerprint density at radius 3 is 2.71 bits per heavy atom. The fraction of sp³-hybridized carbons (Fsp3) is 0.238. The monoisotopic (exact) mass is 493 g/mol. The van der Waals surface area contributed by atoms with Crippen molar-refractivity contribution in [1.29, 1.82) is 0 Å². The smallest absolute Gasteiger partial charge is 0.191 e. The molecule has 3 rings (SSSR count). The third-order valence-electron chi connectivity index (χ3n) is 4.22. The van der Waals surface area contributed by atoms with Gasteiger partial charge in [0, 0.05) is 25.5 Å². The van der Waals surface area contributed by atoms with E-state index < -0.39 is 0 Å². The average Bonchev–Trinajstić information content (AvgIpc) is 3.21. The van der Waals surface area contributed by atoms with Gasteiger partial charge in [-0.05, 0) is 42.7 Å². The van der Waals surface area contributed by atoms with E-state index in [1.165, 1.54) is 6.07 Å². The van der Waals surface area contributed by atoms with Crippen molar-refractivity contribution in [2.75, 3.05) is 6.54 Å². The lowest BCUT2D eigenvalue weighted by atomic mass is 10.1. The highest BCUT2D eigenvalue weighted by molar-refractivity contribution is 14.0. The van der Waals surface area contributed by atoms with Gasteiger partial charge in [-0.15, -0.1) is 24.0 Å². The fourth-order valence-corrected chi connectivity index (χ4v) is 2.74. The van der Waals surface area contributed by atoms with Crippen LogP contribution in [0.2, 0.25) is 0 Å². The van der Waals surface area contributed by atoms with Gasteiger partial charge in [0.2, 0.25) is 0 Å². The number of imidazole rings is 1. The van der Waals surface area contributed by atoms with Crippen molar-refractivity contribution >= 4 is 29.9 Å². The van der Waals surface area contributed by atoms with Crippen molar-refractivity contribution in [3.05, 3.63) is 83.7 Å². The molecule has 0 aliphatic heterocycles. The number of para-hydroxylation sites is 1. The Kier molecular flexibility index (Phi) is 8.43. The van der Waals surface area contributed by atoms with E-state index >= 15 is 0 Å². The molecule has 28 heavy (non-hydrogen) atoms. The number of benzene rings is 2. The first-order chi connectivity index (χ1) is 13.2. The molecular weight excluding hydrogens is 468 g/mol. The van der Waals surface area contributed by atoms with E-state index in [-0.39, 0.29) is 29.8 Å². The molecule has 5 nitrogen and oxygen atoms in total. The Bertz CT molecular complexity index is 909. The third kappa shape index (κ3) is 5.79. The highest BCUT2D eigenvalue weighted by Gasteiger charge is 2.05. The number of hydrogen-bond donors (Lipinski definition) is 2. The minimum atomic E-state index is -0.199. The number of hydrogen-bond acceptors (Lipinski definition) is 2. The van der Waals surface area contributed by atoms with Crippen LogP contribution in [-0.4, -0.2) is 22.1 Å². The predicted octanol–water partition coefficient (Wildman–Crippen LogP) is 4.19. The summed E-state index contributed by atoms with van der Waals surface area (Å²) in [6.07, 6.45) is 5.46. The van der Waals surface area contributed by atoms with Crippen molar-refractivity contribution in [2.45, 2.75) is 26.9 Å². The van der Waals surface area contributed by atoms with Crippen molar-refractivity contribution in [1.82, 2.24) is 20.2 Å². The lowest BCUT2D eigenvalue weighted by molar-refractivity contribution is 0.616. The van der Waals surface area contributed by atoms with Gasteiger partial charge < -0.3 is 15.2 Å². The van der Waals surface area contributed by atoms with Crippen LogP contribution in [0.3, 0.4) is 0 Å². The summed E-state index contributed by atoms with van der Waals surface area (Å²) in [6, 6.07) is 13.4. The fourth-order valence-electron chi connectivity index (χ4n) is 2.74. The van der Waals surface area contributed by atoms with Crippen molar-refractivity contribution in [3.63, 3.8) is 0 Å². The van der Waals surface area contributed by atoms with E-state index in [0.717, 1.165) is 23.4 Å². The summed E-state index contributed by atoms with van der Waals surface area (Å²) in [5, 5.41) is 6.58. The number of nitrogens with zero attached hydrogens (tertiary/aromatic N) is 3. The highest BCUT2D eigenvalue weighted by Crippen LogP contribution is 2.14. The normalized spacial score (nSPS) is 11.0. The molecule has 0 radical (unpaired) electrons. The van der Waals surface area contributed by atoms with Gasteiger partial charge in [0.05, 0.1) is 18.6 Å². The molecule has 0 saturated carbocycles. The Balaban J connectivity index is 0.00000280. The van der Waals surface area contributed by atoms with E-state index in [1.54, 1.807) is 25.5 Å². The van der Waals surface area contributed by atoms with Crippen LogP contribution in [0.5, 0.6) is 0 Å².